The first kappa shape index (κ1) is 30.1. The molecular weight excluding hydrogens is 502 g/mol. The molecule has 2 aromatic rings. The van der Waals surface area contributed by atoms with Gasteiger partial charge in [-0.1, -0.05) is 38.1 Å². The highest BCUT2D eigenvalue weighted by Gasteiger charge is 2.43. The van der Waals surface area contributed by atoms with Crippen molar-refractivity contribution >= 4 is 17.9 Å². The van der Waals surface area contributed by atoms with Crippen LogP contribution in [0.2, 0.25) is 0 Å². The van der Waals surface area contributed by atoms with Gasteiger partial charge in [0.25, 0.3) is 0 Å². The van der Waals surface area contributed by atoms with Crippen LogP contribution in [-0.4, -0.2) is 79.7 Å². The summed E-state index contributed by atoms with van der Waals surface area (Å²) in [6, 6.07) is 6.77. The molecule has 1 fully saturated rings. The zero-order chi connectivity index (χ0) is 28.9. The number of alkyl carbamates (subject to hydrolysis) is 1. The Bertz CT molecular complexity index is 1140. The number of aryl methyl sites for hydroxylation is 1. The number of nitrogens with zero attached hydrogens (tertiary/aromatic N) is 3. The first-order chi connectivity index (χ1) is 18.3. The molecule has 2 unspecified atom stereocenters. The number of ether oxygens (including phenoxy) is 1. The Morgan fingerprint density at radius 3 is 2.36 bits per heavy atom. The average Bonchev–Trinajstić information content (AvgIpc) is 3.51. The van der Waals surface area contributed by atoms with E-state index in [1.54, 1.807) is 40.8 Å². The lowest BCUT2D eigenvalue weighted by Gasteiger charge is -2.31. The van der Waals surface area contributed by atoms with Gasteiger partial charge in [0, 0.05) is 25.7 Å². The third-order valence-electron chi connectivity index (χ3n) is 6.59. The lowest BCUT2D eigenvalue weighted by molar-refractivity contribution is -0.141. The molecule has 1 aromatic heterocycles. The summed E-state index contributed by atoms with van der Waals surface area (Å²) in [6.45, 7) is 11.1. The Morgan fingerprint density at radius 2 is 1.79 bits per heavy atom. The number of nitrogens with one attached hydrogen (secondary N) is 2. The topological polar surface area (TPSA) is 146 Å². The highest BCUT2D eigenvalue weighted by molar-refractivity contribution is 5.92. The van der Waals surface area contributed by atoms with E-state index in [2.05, 4.69) is 15.7 Å². The molecular formula is C28H41N5O6. The fourth-order valence-electron chi connectivity index (χ4n) is 4.65. The van der Waals surface area contributed by atoms with Gasteiger partial charge in [-0.05, 0) is 50.8 Å². The Balaban J connectivity index is 1.73. The number of amides is 3. The van der Waals surface area contributed by atoms with Crippen molar-refractivity contribution in [1.29, 1.82) is 0 Å². The van der Waals surface area contributed by atoms with Crippen LogP contribution in [0.15, 0.2) is 36.5 Å². The molecule has 4 N–H and O–H groups in total. The van der Waals surface area contributed by atoms with Crippen molar-refractivity contribution in [3.63, 3.8) is 0 Å². The summed E-state index contributed by atoms with van der Waals surface area (Å²) in [5, 5.41) is 30.1. The summed E-state index contributed by atoms with van der Waals surface area (Å²) in [6.07, 6.45) is 0.155. The zero-order valence-electron chi connectivity index (χ0n) is 23.5. The summed E-state index contributed by atoms with van der Waals surface area (Å²) < 4.78 is 7.18. The summed E-state index contributed by atoms with van der Waals surface area (Å²) in [5.41, 5.74) is 1.87. The quantitative estimate of drug-likeness (QED) is 0.379. The van der Waals surface area contributed by atoms with Crippen molar-refractivity contribution < 1.29 is 29.3 Å². The number of likely N-dealkylation sites (tertiary alicyclic amines) is 1. The molecule has 11 heteroatoms. The van der Waals surface area contributed by atoms with Gasteiger partial charge in [0.2, 0.25) is 11.8 Å². The SMILES string of the molecule is CCn1nccc1-c1ccc(C(CO)NC(=O)[C@@H]2C[C@@H](O)CN2C(=O)C(NC(=O)OC(C)(C)C)C(C)C)cc1. The minimum Gasteiger partial charge on any atom is -0.444 e. The Labute approximate surface area is 229 Å². The van der Waals surface area contributed by atoms with Gasteiger partial charge in [-0.15, -0.1) is 0 Å². The molecule has 2 heterocycles. The first-order valence-electron chi connectivity index (χ1n) is 13.4. The van der Waals surface area contributed by atoms with Crippen LogP contribution in [0, 0.1) is 5.92 Å². The van der Waals surface area contributed by atoms with Crippen LogP contribution in [0.4, 0.5) is 4.79 Å². The van der Waals surface area contributed by atoms with Gasteiger partial charge in [0.15, 0.2) is 0 Å². The lowest BCUT2D eigenvalue weighted by Crippen LogP contribution is -2.56. The van der Waals surface area contributed by atoms with Crippen molar-refractivity contribution in [3.05, 3.63) is 42.1 Å². The second-order valence-corrected chi connectivity index (χ2v) is 11.2. The largest absolute Gasteiger partial charge is 0.444 e. The molecule has 0 radical (unpaired) electrons. The van der Waals surface area contributed by atoms with Crippen LogP contribution in [0.5, 0.6) is 0 Å². The second-order valence-electron chi connectivity index (χ2n) is 11.2. The van der Waals surface area contributed by atoms with Crippen molar-refractivity contribution in [2.24, 2.45) is 5.92 Å². The second kappa shape index (κ2) is 12.6. The van der Waals surface area contributed by atoms with Crippen molar-refractivity contribution in [2.45, 2.75) is 84.3 Å². The Hall–Kier alpha value is -3.44. The maximum atomic E-state index is 13.5. The first-order valence-corrected chi connectivity index (χ1v) is 13.4. The number of β-amino-alcohol motifs (C(OH)–C–C–N with tert-alkyl or cyclic N) is 1. The number of aliphatic hydroxyl groups is 2. The van der Waals surface area contributed by atoms with E-state index in [0.717, 1.165) is 17.8 Å². The molecule has 0 aliphatic carbocycles. The van der Waals surface area contributed by atoms with Gasteiger partial charge in [-0.25, -0.2) is 4.79 Å². The molecule has 39 heavy (non-hydrogen) atoms. The minimum absolute atomic E-state index is 0.0419. The van der Waals surface area contributed by atoms with Crippen LogP contribution < -0.4 is 10.6 Å². The van der Waals surface area contributed by atoms with E-state index in [-0.39, 0.29) is 25.5 Å². The van der Waals surface area contributed by atoms with E-state index in [0.29, 0.717) is 5.56 Å². The molecule has 214 valence electrons. The van der Waals surface area contributed by atoms with Crippen molar-refractivity contribution in [3.8, 4) is 11.3 Å². The summed E-state index contributed by atoms with van der Waals surface area (Å²) in [7, 11) is 0. The molecule has 1 aliphatic heterocycles. The predicted octanol–water partition coefficient (Wildman–Crippen LogP) is 2.23. The van der Waals surface area contributed by atoms with Gasteiger partial charge < -0.3 is 30.5 Å². The third-order valence-corrected chi connectivity index (χ3v) is 6.59. The smallest absolute Gasteiger partial charge is 0.408 e. The number of hydrogen-bond donors (Lipinski definition) is 4. The van der Waals surface area contributed by atoms with Crippen molar-refractivity contribution in [1.82, 2.24) is 25.3 Å². The number of aliphatic hydroxyl groups excluding tert-OH is 2. The number of carbonyl (C=O) groups excluding carboxylic acids is 3. The van der Waals surface area contributed by atoms with E-state index < -0.39 is 47.7 Å². The maximum absolute atomic E-state index is 13.5. The van der Waals surface area contributed by atoms with Gasteiger partial charge >= 0.3 is 6.09 Å². The highest BCUT2D eigenvalue weighted by atomic mass is 16.6. The molecule has 0 spiro atoms. The van der Waals surface area contributed by atoms with Crippen molar-refractivity contribution in [2.75, 3.05) is 13.2 Å². The number of benzene rings is 1. The molecule has 1 saturated heterocycles. The molecule has 1 aliphatic rings. The zero-order valence-corrected chi connectivity index (χ0v) is 23.5. The fourth-order valence-corrected chi connectivity index (χ4v) is 4.65. The Kier molecular flexibility index (Phi) is 9.73. The highest BCUT2D eigenvalue weighted by Crippen LogP contribution is 2.25. The molecule has 1 aromatic carbocycles. The van der Waals surface area contributed by atoms with Crippen LogP contribution >= 0.6 is 0 Å². The molecule has 3 rings (SSSR count). The van der Waals surface area contributed by atoms with Crippen LogP contribution in [0.25, 0.3) is 11.3 Å². The summed E-state index contributed by atoms with van der Waals surface area (Å²) in [5.74, 6) is -1.27. The van der Waals surface area contributed by atoms with Gasteiger partial charge in [-0.3, -0.25) is 14.3 Å². The number of carbonyl (C=O) groups is 3. The van der Waals surface area contributed by atoms with Gasteiger partial charge in [0.05, 0.1) is 24.4 Å². The third kappa shape index (κ3) is 7.57. The number of aromatic nitrogens is 2. The van der Waals surface area contributed by atoms with Crippen LogP contribution in [0.1, 0.15) is 59.6 Å². The van der Waals surface area contributed by atoms with E-state index in [1.165, 1.54) is 4.90 Å². The lowest BCUT2D eigenvalue weighted by atomic mass is 10.0. The van der Waals surface area contributed by atoms with Crippen LogP contribution in [-0.2, 0) is 20.9 Å². The summed E-state index contributed by atoms with van der Waals surface area (Å²) >= 11 is 0. The van der Waals surface area contributed by atoms with Crippen LogP contribution in [0.3, 0.4) is 0 Å². The maximum Gasteiger partial charge on any atom is 0.408 e. The van der Waals surface area contributed by atoms with E-state index in [9.17, 15) is 24.6 Å². The predicted molar refractivity (Wildman–Crippen MR) is 145 cm³/mol. The molecule has 0 bridgehead atoms. The standard InChI is InChI=1S/C28H41N5O6/c1-7-33-22(12-13-29-33)19-10-8-18(9-11-19)21(16-34)30-25(36)23-14-20(35)15-32(23)26(37)24(17(2)3)31-27(38)39-28(4,5)6/h8-13,17,20-21,23-24,34-35H,7,14-16H2,1-6H3,(H,30,36)(H,31,38)/t20-,21?,23+,24?/m1/s1. The average molecular weight is 544 g/mol. The molecule has 11 nitrogen and oxygen atoms in total. The monoisotopic (exact) mass is 543 g/mol. The molecule has 0 saturated carbocycles. The van der Waals surface area contributed by atoms with Gasteiger partial charge in [0.1, 0.15) is 17.7 Å². The summed E-state index contributed by atoms with van der Waals surface area (Å²) in [4.78, 5) is 40.5. The molecule has 4 atom stereocenters. The molecule has 3 amide bonds. The normalized spacial score (nSPS) is 19.1. The van der Waals surface area contributed by atoms with E-state index in [4.69, 9.17) is 4.74 Å². The fraction of sp³-hybridized carbons (Fsp3) is 0.571. The van der Waals surface area contributed by atoms with E-state index in [1.807, 2.05) is 41.9 Å². The minimum atomic E-state index is -0.957. The number of hydrogen-bond acceptors (Lipinski definition) is 7. The Morgan fingerprint density at radius 1 is 1.13 bits per heavy atom. The van der Waals surface area contributed by atoms with E-state index >= 15 is 0 Å². The number of rotatable bonds is 9. The van der Waals surface area contributed by atoms with Gasteiger partial charge in [-0.2, -0.15) is 5.10 Å².